The summed E-state index contributed by atoms with van der Waals surface area (Å²) >= 11 is 0. The molecule has 0 N–H and O–H groups in total. The van der Waals surface area contributed by atoms with Crippen molar-refractivity contribution in [1.82, 2.24) is 30.1 Å². The molecule has 1 atom stereocenters. The van der Waals surface area contributed by atoms with Gasteiger partial charge in [0.05, 0.1) is 13.1 Å². The molecule has 8 heteroatoms. The highest BCUT2D eigenvalue weighted by Gasteiger charge is 2.26. The SMILES string of the molecule is CCc1noc(CN2CCN(Cc3nc(CC)no3)[C@H](C)C2)n1. The molecule has 0 aromatic carbocycles. The number of hydrogen-bond donors (Lipinski definition) is 0. The van der Waals surface area contributed by atoms with E-state index in [0.29, 0.717) is 30.9 Å². The molecule has 2 aromatic heterocycles. The van der Waals surface area contributed by atoms with Crippen molar-refractivity contribution in [2.45, 2.75) is 52.7 Å². The molecule has 1 fully saturated rings. The van der Waals surface area contributed by atoms with Crippen molar-refractivity contribution in [1.29, 1.82) is 0 Å². The van der Waals surface area contributed by atoms with E-state index in [1.54, 1.807) is 0 Å². The summed E-state index contributed by atoms with van der Waals surface area (Å²) in [7, 11) is 0. The molecule has 8 nitrogen and oxygen atoms in total. The fourth-order valence-corrected chi connectivity index (χ4v) is 2.81. The van der Waals surface area contributed by atoms with Gasteiger partial charge in [-0.25, -0.2) is 0 Å². The molecule has 3 rings (SSSR count). The number of hydrogen-bond acceptors (Lipinski definition) is 8. The second-order valence-corrected chi connectivity index (χ2v) is 5.97. The quantitative estimate of drug-likeness (QED) is 0.787. The molecule has 1 saturated heterocycles. The Bertz CT molecular complexity index is 625. The predicted molar refractivity (Wildman–Crippen MR) is 82.5 cm³/mol. The lowest BCUT2D eigenvalue weighted by atomic mass is 10.2. The van der Waals surface area contributed by atoms with E-state index in [-0.39, 0.29) is 0 Å². The van der Waals surface area contributed by atoms with Crippen molar-refractivity contribution in [3.05, 3.63) is 23.4 Å². The summed E-state index contributed by atoms with van der Waals surface area (Å²) in [4.78, 5) is 13.5. The Morgan fingerprint density at radius 1 is 0.957 bits per heavy atom. The van der Waals surface area contributed by atoms with Gasteiger partial charge in [0.25, 0.3) is 0 Å². The summed E-state index contributed by atoms with van der Waals surface area (Å²) in [6, 6.07) is 0.411. The summed E-state index contributed by atoms with van der Waals surface area (Å²) < 4.78 is 10.6. The lowest BCUT2D eigenvalue weighted by Gasteiger charge is -2.38. The third-order valence-electron chi connectivity index (χ3n) is 4.20. The third-order valence-corrected chi connectivity index (χ3v) is 4.20. The van der Waals surface area contributed by atoms with Crippen molar-refractivity contribution in [3.8, 4) is 0 Å². The van der Waals surface area contributed by atoms with Crippen molar-refractivity contribution >= 4 is 0 Å². The molecule has 126 valence electrons. The third kappa shape index (κ3) is 3.94. The van der Waals surface area contributed by atoms with Gasteiger partial charge in [-0.05, 0) is 6.92 Å². The van der Waals surface area contributed by atoms with Gasteiger partial charge >= 0.3 is 0 Å². The van der Waals surface area contributed by atoms with Crippen LogP contribution in [0.3, 0.4) is 0 Å². The van der Waals surface area contributed by atoms with Crippen LogP contribution in [0.1, 0.15) is 44.2 Å². The summed E-state index contributed by atoms with van der Waals surface area (Å²) in [5.41, 5.74) is 0. The Hall–Kier alpha value is -1.80. The highest BCUT2D eigenvalue weighted by molar-refractivity contribution is 4.90. The minimum Gasteiger partial charge on any atom is -0.338 e. The first-order chi connectivity index (χ1) is 11.2. The zero-order valence-corrected chi connectivity index (χ0v) is 14.0. The van der Waals surface area contributed by atoms with Gasteiger partial charge in [-0.1, -0.05) is 24.2 Å². The molecule has 0 saturated carbocycles. The monoisotopic (exact) mass is 320 g/mol. The van der Waals surface area contributed by atoms with Crippen molar-refractivity contribution in [2.75, 3.05) is 19.6 Å². The molecular formula is C15H24N6O2. The number of aryl methyl sites for hydroxylation is 2. The number of nitrogens with zero attached hydrogens (tertiary/aromatic N) is 6. The van der Waals surface area contributed by atoms with Crippen molar-refractivity contribution < 1.29 is 9.05 Å². The van der Waals surface area contributed by atoms with Crippen molar-refractivity contribution in [2.24, 2.45) is 0 Å². The standard InChI is InChI=1S/C15H24N6O2/c1-4-12-16-14(22-18-12)9-20-6-7-21(11(3)8-20)10-15-17-13(5-2)19-23-15/h11H,4-10H2,1-3H3/t11-/m1/s1. The highest BCUT2D eigenvalue weighted by Crippen LogP contribution is 2.15. The first kappa shape index (κ1) is 16.1. The molecule has 2 aromatic rings. The molecule has 0 spiro atoms. The van der Waals surface area contributed by atoms with E-state index in [1.165, 1.54) is 0 Å². The van der Waals surface area contributed by atoms with Crippen LogP contribution in [0.15, 0.2) is 9.05 Å². The van der Waals surface area contributed by atoms with Crippen LogP contribution in [-0.4, -0.2) is 55.8 Å². The lowest BCUT2D eigenvalue weighted by Crippen LogP contribution is -2.51. The Labute approximate surface area is 135 Å². The molecule has 0 radical (unpaired) electrons. The van der Waals surface area contributed by atoms with Gasteiger partial charge in [0.2, 0.25) is 11.8 Å². The van der Waals surface area contributed by atoms with E-state index in [0.717, 1.165) is 44.1 Å². The maximum absolute atomic E-state index is 5.29. The number of rotatable bonds is 6. The van der Waals surface area contributed by atoms with Crippen LogP contribution in [0.5, 0.6) is 0 Å². The molecule has 0 amide bonds. The van der Waals surface area contributed by atoms with Gasteiger partial charge in [-0.2, -0.15) is 9.97 Å². The fraction of sp³-hybridized carbons (Fsp3) is 0.733. The Kier molecular flexibility index (Phi) is 5.02. The highest BCUT2D eigenvalue weighted by atomic mass is 16.5. The summed E-state index contributed by atoms with van der Waals surface area (Å²) in [5.74, 6) is 2.95. The maximum Gasteiger partial charge on any atom is 0.240 e. The molecule has 0 unspecified atom stereocenters. The maximum atomic E-state index is 5.29. The molecule has 1 aliphatic rings. The largest absolute Gasteiger partial charge is 0.338 e. The molecular weight excluding hydrogens is 296 g/mol. The van der Waals surface area contributed by atoms with E-state index in [2.05, 4.69) is 37.0 Å². The van der Waals surface area contributed by atoms with E-state index in [1.807, 2.05) is 13.8 Å². The van der Waals surface area contributed by atoms with Gasteiger partial charge in [-0.15, -0.1) is 0 Å². The zero-order valence-electron chi connectivity index (χ0n) is 14.0. The average Bonchev–Trinajstić information content (AvgIpc) is 3.19. The minimum atomic E-state index is 0.411. The van der Waals surface area contributed by atoms with Crippen LogP contribution in [0.4, 0.5) is 0 Å². The smallest absolute Gasteiger partial charge is 0.240 e. The Balaban J connectivity index is 1.52. The van der Waals surface area contributed by atoms with Crippen LogP contribution >= 0.6 is 0 Å². The van der Waals surface area contributed by atoms with Gasteiger partial charge in [0.1, 0.15) is 0 Å². The first-order valence-electron chi connectivity index (χ1n) is 8.27. The number of aromatic nitrogens is 4. The summed E-state index contributed by atoms with van der Waals surface area (Å²) in [6.07, 6.45) is 1.61. The first-order valence-corrected chi connectivity index (χ1v) is 8.27. The molecule has 1 aliphatic heterocycles. The second-order valence-electron chi connectivity index (χ2n) is 5.97. The van der Waals surface area contributed by atoms with Gasteiger partial charge < -0.3 is 9.05 Å². The van der Waals surface area contributed by atoms with Crippen molar-refractivity contribution in [3.63, 3.8) is 0 Å². The molecule has 0 aliphatic carbocycles. The van der Waals surface area contributed by atoms with E-state index < -0.39 is 0 Å². The predicted octanol–water partition coefficient (Wildman–Crippen LogP) is 1.28. The lowest BCUT2D eigenvalue weighted by molar-refractivity contribution is 0.0594. The topological polar surface area (TPSA) is 84.3 Å². The summed E-state index contributed by atoms with van der Waals surface area (Å²) in [5, 5.41) is 7.91. The van der Waals surface area contributed by atoms with Crippen LogP contribution in [0.25, 0.3) is 0 Å². The van der Waals surface area contributed by atoms with Crippen LogP contribution in [-0.2, 0) is 25.9 Å². The van der Waals surface area contributed by atoms with E-state index in [4.69, 9.17) is 9.05 Å². The zero-order chi connectivity index (χ0) is 16.2. The Morgan fingerprint density at radius 3 is 2.09 bits per heavy atom. The molecule has 0 bridgehead atoms. The summed E-state index contributed by atoms with van der Waals surface area (Å²) in [6.45, 7) is 10.6. The van der Waals surface area contributed by atoms with Gasteiger partial charge in [0.15, 0.2) is 11.6 Å². The number of piperazine rings is 1. The molecule has 23 heavy (non-hydrogen) atoms. The minimum absolute atomic E-state index is 0.411. The van der Waals surface area contributed by atoms with Crippen LogP contribution < -0.4 is 0 Å². The average molecular weight is 320 g/mol. The van der Waals surface area contributed by atoms with Crippen LogP contribution in [0.2, 0.25) is 0 Å². The van der Waals surface area contributed by atoms with Crippen LogP contribution in [0, 0.1) is 0 Å². The normalized spacial score (nSPS) is 20.2. The van der Waals surface area contributed by atoms with Gasteiger partial charge in [-0.3, -0.25) is 9.80 Å². The second kappa shape index (κ2) is 7.18. The fourth-order valence-electron chi connectivity index (χ4n) is 2.81. The Morgan fingerprint density at radius 2 is 1.57 bits per heavy atom. The van der Waals surface area contributed by atoms with E-state index >= 15 is 0 Å². The van der Waals surface area contributed by atoms with Gasteiger partial charge in [0, 0.05) is 38.5 Å². The molecule has 3 heterocycles. The van der Waals surface area contributed by atoms with E-state index in [9.17, 15) is 0 Å².